The number of amides is 1. The number of carbonyl (C=O) groups excluding carboxylic acids is 1. The number of hydrogen-bond donors (Lipinski definition) is 2. The van der Waals surface area contributed by atoms with Crippen molar-refractivity contribution in [3.05, 3.63) is 0 Å². The van der Waals surface area contributed by atoms with Gasteiger partial charge in [0.25, 0.3) is 0 Å². The van der Waals surface area contributed by atoms with E-state index in [4.69, 9.17) is 10.5 Å². The molecule has 0 bridgehead atoms. The van der Waals surface area contributed by atoms with E-state index in [1.807, 2.05) is 0 Å². The molecule has 0 aromatic carbocycles. The van der Waals surface area contributed by atoms with Gasteiger partial charge in [-0.25, -0.2) is 0 Å². The Morgan fingerprint density at radius 3 is 2.80 bits per heavy atom. The molecule has 20 heavy (non-hydrogen) atoms. The number of hydrogen-bond acceptors (Lipinski definition) is 4. The second kappa shape index (κ2) is 7.66. The van der Waals surface area contributed by atoms with Gasteiger partial charge in [-0.15, -0.1) is 11.8 Å². The van der Waals surface area contributed by atoms with Gasteiger partial charge < -0.3 is 15.8 Å². The number of nitrogens with one attached hydrogen (secondary N) is 1. The van der Waals surface area contributed by atoms with E-state index < -0.39 is 0 Å². The van der Waals surface area contributed by atoms with Gasteiger partial charge in [-0.3, -0.25) is 4.79 Å². The third-order valence-electron chi connectivity index (χ3n) is 4.38. The number of nitrogens with two attached hydrogens (primary N) is 1. The molecule has 1 atom stereocenters. The topological polar surface area (TPSA) is 64.3 Å². The summed E-state index contributed by atoms with van der Waals surface area (Å²) in [5.74, 6) is 1.31. The van der Waals surface area contributed by atoms with Crippen LogP contribution in [0, 0.1) is 0 Å². The fourth-order valence-electron chi connectivity index (χ4n) is 2.92. The van der Waals surface area contributed by atoms with E-state index in [1.165, 1.54) is 0 Å². The lowest BCUT2D eigenvalue weighted by Crippen LogP contribution is -2.41. The second-order valence-electron chi connectivity index (χ2n) is 6.20. The molecule has 2 rings (SSSR count). The van der Waals surface area contributed by atoms with Crippen LogP contribution in [-0.4, -0.2) is 41.7 Å². The highest BCUT2D eigenvalue weighted by Crippen LogP contribution is 2.37. The van der Waals surface area contributed by atoms with Crippen LogP contribution in [0.1, 0.15) is 51.9 Å². The van der Waals surface area contributed by atoms with Crippen LogP contribution >= 0.6 is 11.8 Å². The molecule has 1 saturated carbocycles. The molecule has 0 spiro atoms. The van der Waals surface area contributed by atoms with Crippen molar-refractivity contribution < 1.29 is 9.53 Å². The number of rotatable bonds is 6. The van der Waals surface area contributed by atoms with E-state index in [-0.39, 0.29) is 10.7 Å². The van der Waals surface area contributed by atoms with E-state index >= 15 is 0 Å². The van der Waals surface area contributed by atoms with Crippen molar-refractivity contribution in [3.8, 4) is 0 Å². The molecule has 0 aromatic heterocycles. The zero-order valence-electron chi connectivity index (χ0n) is 12.5. The fraction of sp³-hybridized carbons (Fsp3) is 0.933. The van der Waals surface area contributed by atoms with Gasteiger partial charge in [0.1, 0.15) is 0 Å². The lowest BCUT2D eigenvalue weighted by molar-refractivity contribution is -0.123. The van der Waals surface area contributed by atoms with E-state index in [1.54, 1.807) is 11.8 Å². The Balaban J connectivity index is 1.52. The normalized spacial score (nSPS) is 34.1. The molecule has 2 aliphatic rings. The predicted molar refractivity (Wildman–Crippen MR) is 83.9 cm³/mol. The molecule has 1 aliphatic heterocycles. The van der Waals surface area contributed by atoms with Gasteiger partial charge in [-0.1, -0.05) is 0 Å². The number of carbonyl (C=O) groups is 1. The molecule has 116 valence electrons. The minimum atomic E-state index is -0.194. The average molecular weight is 300 g/mol. The van der Waals surface area contributed by atoms with Gasteiger partial charge in [0.2, 0.25) is 5.91 Å². The summed E-state index contributed by atoms with van der Waals surface area (Å²) in [5.41, 5.74) is 5.87. The van der Waals surface area contributed by atoms with Crippen molar-refractivity contribution in [1.29, 1.82) is 0 Å². The SMILES string of the molecule is CC1(C(=O)NCCCOC2CCC(N)CC2)CCCS1. The van der Waals surface area contributed by atoms with Crippen LogP contribution in [0.15, 0.2) is 0 Å². The van der Waals surface area contributed by atoms with E-state index in [9.17, 15) is 4.79 Å². The van der Waals surface area contributed by atoms with Crippen molar-refractivity contribution in [2.75, 3.05) is 18.9 Å². The zero-order chi connectivity index (χ0) is 14.4. The summed E-state index contributed by atoms with van der Waals surface area (Å²) in [6.45, 7) is 3.52. The summed E-state index contributed by atoms with van der Waals surface area (Å²) in [6.07, 6.45) is 7.77. The van der Waals surface area contributed by atoms with Crippen LogP contribution in [0.2, 0.25) is 0 Å². The van der Waals surface area contributed by atoms with E-state index in [0.29, 0.717) is 12.1 Å². The monoisotopic (exact) mass is 300 g/mol. The number of ether oxygens (including phenoxy) is 1. The maximum atomic E-state index is 12.1. The third kappa shape index (κ3) is 4.64. The molecule has 3 N–H and O–H groups in total. The van der Waals surface area contributed by atoms with Crippen molar-refractivity contribution >= 4 is 17.7 Å². The van der Waals surface area contributed by atoms with Crippen molar-refractivity contribution in [3.63, 3.8) is 0 Å². The van der Waals surface area contributed by atoms with Crippen molar-refractivity contribution in [2.24, 2.45) is 5.73 Å². The van der Waals surface area contributed by atoms with Crippen LogP contribution in [0.3, 0.4) is 0 Å². The molecule has 0 aromatic rings. The van der Waals surface area contributed by atoms with Crippen LogP contribution in [0.4, 0.5) is 0 Å². The van der Waals surface area contributed by atoms with Crippen LogP contribution in [0.5, 0.6) is 0 Å². The molecular formula is C15H28N2O2S. The van der Waals surface area contributed by atoms with E-state index in [0.717, 1.165) is 63.9 Å². The Hall–Kier alpha value is -0.260. The summed E-state index contributed by atoms with van der Waals surface area (Å²) in [5, 5.41) is 3.05. The fourth-order valence-corrected chi connectivity index (χ4v) is 4.16. The van der Waals surface area contributed by atoms with Gasteiger partial charge in [-0.05, 0) is 57.6 Å². The maximum absolute atomic E-state index is 12.1. The Morgan fingerprint density at radius 1 is 1.40 bits per heavy atom. The van der Waals surface area contributed by atoms with Crippen molar-refractivity contribution in [2.45, 2.75) is 68.8 Å². The molecule has 4 nitrogen and oxygen atoms in total. The smallest absolute Gasteiger partial charge is 0.235 e. The average Bonchev–Trinajstić information content (AvgIpc) is 2.88. The summed E-state index contributed by atoms with van der Waals surface area (Å²) in [4.78, 5) is 12.1. The van der Waals surface area contributed by atoms with Gasteiger partial charge in [0.15, 0.2) is 0 Å². The summed E-state index contributed by atoms with van der Waals surface area (Å²) in [6, 6.07) is 0.374. The standard InChI is InChI=1S/C15H28N2O2S/c1-15(8-2-11-20-15)14(18)17-9-3-10-19-13-6-4-12(16)5-7-13/h12-13H,2-11,16H2,1H3,(H,17,18). The largest absolute Gasteiger partial charge is 0.378 e. The first-order valence-electron chi connectivity index (χ1n) is 7.89. The highest BCUT2D eigenvalue weighted by atomic mass is 32.2. The Bertz CT molecular complexity index is 311. The molecule has 1 aliphatic carbocycles. The second-order valence-corrected chi connectivity index (χ2v) is 7.80. The van der Waals surface area contributed by atoms with Gasteiger partial charge >= 0.3 is 0 Å². The lowest BCUT2D eigenvalue weighted by atomic mass is 9.94. The predicted octanol–water partition coefficient (Wildman–Crippen LogP) is 2.06. The third-order valence-corrected chi connectivity index (χ3v) is 5.90. The van der Waals surface area contributed by atoms with Gasteiger partial charge in [-0.2, -0.15) is 0 Å². The Morgan fingerprint density at radius 2 is 2.15 bits per heavy atom. The first kappa shape index (κ1) is 16.1. The summed E-state index contributed by atoms with van der Waals surface area (Å²) in [7, 11) is 0. The molecule has 1 amide bonds. The highest BCUT2D eigenvalue weighted by molar-refractivity contribution is 8.01. The minimum absolute atomic E-state index is 0.194. The quantitative estimate of drug-likeness (QED) is 0.737. The van der Waals surface area contributed by atoms with Gasteiger partial charge in [0, 0.05) is 19.2 Å². The summed E-state index contributed by atoms with van der Waals surface area (Å²) >= 11 is 1.78. The minimum Gasteiger partial charge on any atom is -0.378 e. The highest BCUT2D eigenvalue weighted by Gasteiger charge is 2.36. The van der Waals surface area contributed by atoms with Gasteiger partial charge in [0.05, 0.1) is 10.9 Å². The maximum Gasteiger partial charge on any atom is 0.235 e. The lowest BCUT2D eigenvalue weighted by Gasteiger charge is -2.26. The first-order valence-corrected chi connectivity index (χ1v) is 8.88. The van der Waals surface area contributed by atoms with E-state index in [2.05, 4.69) is 12.2 Å². The molecule has 0 radical (unpaired) electrons. The van der Waals surface area contributed by atoms with Crippen LogP contribution < -0.4 is 11.1 Å². The summed E-state index contributed by atoms with van der Waals surface area (Å²) < 4.78 is 5.66. The molecular weight excluding hydrogens is 272 g/mol. The van der Waals surface area contributed by atoms with Crippen LogP contribution in [0.25, 0.3) is 0 Å². The van der Waals surface area contributed by atoms with Crippen LogP contribution in [-0.2, 0) is 9.53 Å². The first-order chi connectivity index (χ1) is 9.60. The molecule has 1 saturated heterocycles. The molecule has 2 fully saturated rings. The zero-order valence-corrected chi connectivity index (χ0v) is 13.3. The Kier molecular flexibility index (Phi) is 6.18. The Labute approximate surface area is 126 Å². The molecule has 1 heterocycles. The van der Waals surface area contributed by atoms with Crippen molar-refractivity contribution in [1.82, 2.24) is 5.32 Å². The number of thioether (sulfide) groups is 1. The molecule has 1 unspecified atom stereocenters. The molecule has 5 heteroatoms.